The molecule has 2 aromatic rings. The number of nitrogens with one attached hydrogen (secondary N) is 1. The van der Waals surface area contributed by atoms with E-state index in [4.69, 9.17) is 9.47 Å². The number of ether oxygens (including phenoxy) is 2. The van der Waals surface area contributed by atoms with Crippen molar-refractivity contribution in [3.05, 3.63) is 60.2 Å². The molecule has 0 unspecified atom stereocenters. The first-order valence-corrected chi connectivity index (χ1v) is 8.63. The van der Waals surface area contributed by atoms with Crippen LogP contribution in [0, 0.1) is 5.41 Å². The summed E-state index contributed by atoms with van der Waals surface area (Å²) in [5.41, 5.74) is 2.88. The summed E-state index contributed by atoms with van der Waals surface area (Å²) in [7, 11) is 0. The van der Waals surface area contributed by atoms with Crippen LogP contribution in [0.15, 0.2) is 54.6 Å². The molecule has 26 heavy (non-hydrogen) atoms. The number of rotatable bonds is 4. The minimum Gasteiger partial charge on any atom is -0.457 e. The molecule has 0 radical (unpaired) electrons. The molecule has 0 bridgehead atoms. The fourth-order valence-corrected chi connectivity index (χ4v) is 2.87. The fraction of sp³-hybridized carbons (Fsp3) is 0.333. The Balaban J connectivity index is 1.53. The third-order valence-electron chi connectivity index (χ3n) is 4.36. The average molecular weight is 353 g/mol. The summed E-state index contributed by atoms with van der Waals surface area (Å²) in [6, 6.07) is 17.2. The molecule has 0 aromatic heterocycles. The van der Waals surface area contributed by atoms with Gasteiger partial charge < -0.3 is 14.8 Å². The fourth-order valence-electron chi connectivity index (χ4n) is 2.87. The first-order chi connectivity index (χ1) is 12.3. The van der Waals surface area contributed by atoms with Crippen molar-refractivity contribution >= 4 is 12.1 Å². The monoisotopic (exact) mass is 353 g/mol. The van der Waals surface area contributed by atoms with Crippen LogP contribution in [0.1, 0.15) is 26.3 Å². The molecule has 1 fully saturated rings. The number of esters is 1. The van der Waals surface area contributed by atoms with E-state index in [0.29, 0.717) is 0 Å². The molecule has 0 aliphatic carbocycles. The molecule has 1 heterocycles. The van der Waals surface area contributed by atoms with Crippen LogP contribution < -0.4 is 5.32 Å². The van der Waals surface area contributed by atoms with E-state index < -0.39 is 18.1 Å². The van der Waals surface area contributed by atoms with Crippen LogP contribution >= 0.6 is 0 Å². The van der Waals surface area contributed by atoms with Gasteiger partial charge in [-0.05, 0) is 16.7 Å². The lowest BCUT2D eigenvalue weighted by molar-refractivity contribution is -0.188. The summed E-state index contributed by atoms with van der Waals surface area (Å²) in [5.74, 6) is -0.422. The maximum atomic E-state index is 12.0. The Hall–Kier alpha value is -2.82. The van der Waals surface area contributed by atoms with Gasteiger partial charge in [0, 0.05) is 5.41 Å². The Morgan fingerprint density at radius 3 is 2.23 bits per heavy atom. The maximum absolute atomic E-state index is 12.0. The van der Waals surface area contributed by atoms with E-state index in [2.05, 4.69) is 5.32 Å². The van der Waals surface area contributed by atoms with E-state index in [1.807, 2.05) is 75.4 Å². The van der Waals surface area contributed by atoms with Gasteiger partial charge in [-0.1, -0.05) is 75.4 Å². The molecule has 1 amide bonds. The number of hydrogen-bond donors (Lipinski definition) is 1. The zero-order valence-corrected chi connectivity index (χ0v) is 15.2. The second kappa shape index (κ2) is 7.20. The van der Waals surface area contributed by atoms with Crippen LogP contribution in [0.2, 0.25) is 0 Å². The first kappa shape index (κ1) is 18.0. The van der Waals surface area contributed by atoms with Gasteiger partial charge in [0.25, 0.3) is 0 Å². The highest BCUT2D eigenvalue weighted by Crippen LogP contribution is 2.32. The van der Waals surface area contributed by atoms with Crippen LogP contribution in [0.4, 0.5) is 4.79 Å². The largest absolute Gasteiger partial charge is 0.457 e. The van der Waals surface area contributed by atoms with Gasteiger partial charge in [-0.2, -0.15) is 0 Å². The van der Waals surface area contributed by atoms with Crippen molar-refractivity contribution in [2.45, 2.75) is 39.5 Å². The van der Waals surface area contributed by atoms with Crippen molar-refractivity contribution in [3.8, 4) is 11.1 Å². The van der Waals surface area contributed by atoms with Crippen LogP contribution in [0.3, 0.4) is 0 Å². The Kier molecular flexibility index (Phi) is 4.98. The quantitative estimate of drug-likeness (QED) is 0.846. The summed E-state index contributed by atoms with van der Waals surface area (Å²) in [6.07, 6.45) is -0.958. The molecule has 1 N–H and O–H groups in total. The Bertz CT molecular complexity index is 778. The third-order valence-corrected chi connectivity index (χ3v) is 4.36. The molecule has 1 aliphatic heterocycles. The molecular formula is C21H23NO4. The highest BCUT2D eigenvalue weighted by molar-refractivity contribution is 5.86. The molecular weight excluding hydrogens is 330 g/mol. The zero-order chi connectivity index (χ0) is 18.7. The highest BCUT2D eigenvalue weighted by Gasteiger charge is 2.50. The predicted octanol–water partition coefficient (Wildman–Crippen LogP) is 3.92. The minimum absolute atomic E-state index is 0.142. The van der Waals surface area contributed by atoms with Gasteiger partial charge in [-0.3, -0.25) is 0 Å². The van der Waals surface area contributed by atoms with Gasteiger partial charge in [0.1, 0.15) is 12.7 Å². The van der Waals surface area contributed by atoms with E-state index in [0.717, 1.165) is 16.7 Å². The van der Waals surface area contributed by atoms with Crippen LogP contribution in [-0.2, 0) is 20.9 Å². The van der Waals surface area contributed by atoms with Gasteiger partial charge >= 0.3 is 12.1 Å². The molecule has 3 rings (SSSR count). The summed E-state index contributed by atoms with van der Waals surface area (Å²) < 4.78 is 10.4. The van der Waals surface area contributed by atoms with Gasteiger partial charge in [0.15, 0.2) is 6.04 Å². The second-order valence-corrected chi connectivity index (χ2v) is 7.48. The topological polar surface area (TPSA) is 64.6 Å². The van der Waals surface area contributed by atoms with E-state index in [1.165, 1.54) is 0 Å². The van der Waals surface area contributed by atoms with Gasteiger partial charge in [-0.15, -0.1) is 0 Å². The van der Waals surface area contributed by atoms with Crippen molar-refractivity contribution in [2.75, 3.05) is 0 Å². The average Bonchev–Trinajstić information content (AvgIpc) is 2.62. The Morgan fingerprint density at radius 2 is 1.65 bits per heavy atom. The van der Waals surface area contributed by atoms with E-state index in [-0.39, 0.29) is 18.1 Å². The normalized spacial score (nSPS) is 19.3. The number of benzene rings is 2. The zero-order valence-electron chi connectivity index (χ0n) is 15.2. The van der Waals surface area contributed by atoms with Crippen LogP contribution in [0.5, 0.6) is 0 Å². The summed E-state index contributed by atoms with van der Waals surface area (Å²) >= 11 is 0. The first-order valence-electron chi connectivity index (χ1n) is 8.63. The number of carbonyl (C=O) groups excluding carboxylic acids is 2. The second-order valence-electron chi connectivity index (χ2n) is 7.48. The van der Waals surface area contributed by atoms with Gasteiger partial charge in [0.05, 0.1) is 0 Å². The minimum atomic E-state index is -0.650. The predicted molar refractivity (Wildman–Crippen MR) is 98.3 cm³/mol. The summed E-state index contributed by atoms with van der Waals surface area (Å²) in [4.78, 5) is 23.6. The van der Waals surface area contributed by atoms with Gasteiger partial charge in [-0.25, -0.2) is 9.59 Å². The number of hydrogen-bond acceptors (Lipinski definition) is 4. The molecule has 0 saturated carbocycles. The lowest BCUT2D eigenvalue weighted by Gasteiger charge is -2.42. The van der Waals surface area contributed by atoms with Crippen molar-refractivity contribution in [3.63, 3.8) is 0 Å². The van der Waals surface area contributed by atoms with Crippen LogP contribution in [-0.4, -0.2) is 24.2 Å². The number of carbonyl (C=O) groups is 2. The van der Waals surface area contributed by atoms with Crippen molar-refractivity contribution in [2.24, 2.45) is 5.41 Å². The molecule has 5 nitrogen and oxygen atoms in total. The van der Waals surface area contributed by atoms with Gasteiger partial charge in [0.2, 0.25) is 0 Å². The Labute approximate surface area is 153 Å². The molecule has 1 aliphatic rings. The molecule has 1 saturated heterocycles. The number of cyclic esters (lactones) is 1. The molecule has 136 valence electrons. The van der Waals surface area contributed by atoms with Crippen molar-refractivity contribution < 1.29 is 19.1 Å². The molecule has 5 heteroatoms. The molecule has 0 spiro atoms. The lowest BCUT2D eigenvalue weighted by Crippen LogP contribution is -2.64. The highest BCUT2D eigenvalue weighted by atomic mass is 16.6. The maximum Gasteiger partial charge on any atom is 0.408 e. The Morgan fingerprint density at radius 1 is 1.04 bits per heavy atom. The van der Waals surface area contributed by atoms with Crippen molar-refractivity contribution in [1.29, 1.82) is 0 Å². The molecule has 2 atom stereocenters. The van der Waals surface area contributed by atoms with Crippen LogP contribution in [0.25, 0.3) is 11.1 Å². The summed E-state index contributed by atoms with van der Waals surface area (Å²) in [5, 5.41) is 2.59. The molecule has 2 aromatic carbocycles. The SMILES string of the molecule is CC(C)(C)[C@@H]1OC(=O)[C@@H]1NC(=O)OCc1ccc(-c2ccccc2)cc1. The van der Waals surface area contributed by atoms with Crippen molar-refractivity contribution in [1.82, 2.24) is 5.32 Å². The van der Waals surface area contributed by atoms with E-state index in [1.54, 1.807) is 0 Å². The standard InChI is InChI=1S/C21H23NO4/c1-21(2,3)18-17(19(23)26-18)22-20(24)25-13-14-9-11-16(12-10-14)15-7-5-4-6-8-15/h4-12,17-18H,13H2,1-3H3,(H,22,24)/t17-,18-/m1/s1. The smallest absolute Gasteiger partial charge is 0.408 e. The third kappa shape index (κ3) is 4.04. The van der Waals surface area contributed by atoms with E-state index >= 15 is 0 Å². The lowest BCUT2D eigenvalue weighted by atomic mass is 9.81. The number of amides is 1. The number of alkyl carbamates (subject to hydrolysis) is 1. The van der Waals surface area contributed by atoms with E-state index in [9.17, 15) is 9.59 Å². The summed E-state index contributed by atoms with van der Waals surface area (Å²) in [6.45, 7) is 6.01.